The smallest absolute Gasteiger partial charge is 0.134 e. The molecule has 1 saturated heterocycles. The minimum atomic E-state index is 0.409. The lowest BCUT2D eigenvalue weighted by Crippen LogP contribution is -2.47. The minimum Gasteiger partial charge on any atom is -0.300 e. The Morgan fingerprint density at radius 1 is 1.41 bits per heavy atom. The van der Waals surface area contributed by atoms with E-state index >= 15 is 0 Å². The van der Waals surface area contributed by atoms with Crippen LogP contribution >= 0.6 is 0 Å². The molecule has 1 aliphatic heterocycles. The summed E-state index contributed by atoms with van der Waals surface area (Å²) in [6.45, 7) is 13.5. The summed E-state index contributed by atoms with van der Waals surface area (Å²) in [6, 6.07) is 0.480. The molecule has 0 saturated carbocycles. The molecule has 100 valence electrons. The summed E-state index contributed by atoms with van der Waals surface area (Å²) in [5.41, 5.74) is 0.409. The Balaban J connectivity index is 2.64. The Labute approximate surface area is 107 Å². The van der Waals surface area contributed by atoms with Gasteiger partial charge < -0.3 is 0 Å². The Morgan fingerprint density at radius 2 is 2.06 bits per heavy atom. The normalized spacial score (nSPS) is 25.2. The number of hydrogen-bond acceptors (Lipinski definition) is 2. The Hall–Kier alpha value is -0.370. The summed E-state index contributed by atoms with van der Waals surface area (Å²) >= 11 is 0. The van der Waals surface area contributed by atoms with E-state index in [4.69, 9.17) is 0 Å². The van der Waals surface area contributed by atoms with Crippen molar-refractivity contribution in [3.05, 3.63) is 0 Å². The highest BCUT2D eigenvalue weighted by atomic mass is 16.1. The molecule has 2 nitrogen and oxygen atoms in total. The van der Waals surface area contributed by atoms with Gasteiger partial charge in [0.2, 0.25) is 0 Å². The van der Waals surface area contributed by atoms with Crippen molar-refractivity contribution in [2.75, 3.05) is 13.1 Å². The molecule has 0 bridgehead atoms. The fourth-order valence-corrected chi connectivity index (χ4v) is 2.82. The van der Waals surface area contributed by atoms with Gasteiger partial charge in [-0.15, -0.1) is 0 Å². The number of Topliss-reactive ketones (excluding diaryl/α,β-unsaturated/α-hetero) is 1. The van der Waals surface area contributed by atoms with Crippen LogP contribution in [0.15, 0.2) is 0 Å². The number of hydrogen-bond donors (Lipinski definition) is 0. The van der Waals surface area contributed by atoms with E-state index in [1.165, 1.54) is 12.8 Å². The van der Waals surface area contributed by atoms with E-state index in [-0.39, 0.29) is 0 Å². The third kappa shape index (κ3) is 4.79. The van der Waals surface area contributed by atoms with Gasteiger partial charge in [0, 0.05) is 25.4 Å². The first-order chi connectivity index (χ1) is 7.84. The molecule has 17 heavy (non-hydrogen) atoms. The van der Waals surface area contributed by atoms with Crippen LogP contribution in [0.3, 0.4) is 0 Å². The number of piperidine rings is 1. The fraction of sp³-hybridized carbons (Fsp3) is 0.933. The summed E-state index contributed by atoms with van der Waals surface area (Å²) in [5.74, 6) is 1.11. The van der Waals surface area contributed by atoms with E-state index in [0.717, 1.165) is 19.5 Å². The number of likely N-dealkylation sites (tertiary alicyclic amines) is 1. The average molecular weight is 239 g/mol. The summed E-state index contributed by atoms with van der Waals surface area (Å²) in [5, 5.41) is 0. The first kappa shape index (κ1) is 14.7. The molecule has 1 aliphatic rings. The summed E-state index contributed by atoms with van der Waals surface area (Å²) in [7, 11) is 0. The molecular formula is C15H29NO. The molecule has 1 rings (SSSR count). The number of nitrogens with zero attached hydrogens (tertiary/aromatic N) is 1. The third-order valence-corrected chi connectivity index (χ3v) is 3.84. The second kappa shape index (κ2) is 5.99. The van der Waals surface area contributed by atoms with Crippen LogP contribution in [0.2, 0.25) is 0 Å². The zero-order chi connectivity index (χ0) is 13.1. The molecule has 0 amide bonds. The molecule has 0 aromatic carbocycles. The van der Waals surface area contributed by atoms with Crippen molar-refractivity contribution < 1.29 is 4.79 Å². The Bertz CT molecular complexity index is 258. The predicted octanol–water partition coefficient (Wildman–Crippen LogP) is 3.50. The zero-order valence-corrected chi connectivity index (χ0v) is 12.3. The van der Waals surface area contributed by atoms with Crippen molar-refractivity contribution >= 4 is 5.78 Å². The molecule has 0 spiro atoms. The van der Waals surface area contributed by atoms with Crippen molar-refractivity contribution in [2.24, 2.45) is 11.3 Å². The highest BCUT2D eigenvalue weighted by Gasteiger charge is 2.33. The van der Waals surface area contributed by atoms with Crippen LogP contribution in [0, 0.1) is 11.3 Å². The lowest BCUT2D eigenvalue weighted by molar-refractivity contribution is -0.120. The largest absolute Gasteiger partial charge is 0.300 e. The Morgan fingerprint density at radius 3 is 2.59 bits per heavy atom. The fourth-order valence-electron chi connectivity index (χ4n) is 2.82. The van der Waals surface area contributed by atoms with Gasteiger partial charge in [0.1, 0.15) is 5.78 Å². The van der Waals surface area contributed by atoms with Gasteiger partial charge in [0.25, 0.3) is 0 Å². The van der Waals surface area contributed by atoms with Crippen LogP contribution in [0.5, 0.6) is 0 Å². The van der Waals surface area contributed by atoms with E-state index in [0.29, 0.717) is 29.6 Å². The lowest BCUT2D eigenvalue weighted by Gasteiger charge is -2.44. The molecule has 1 atom stereocenters. The molecule has 0 aliphatic carbocycles. The molecule has 0 N–H and O–H groups in total. The molecule has 1 unspecified atom stereocenters. The summed E-state index contributed by atoms with van der Waals surface area (Å²) in [6.07, 6.45) is 3.88. The second-order valence-electron chi connectivity index (χ2n) is 6.76. The van der Waals surface area contributed by atoms with Gasteiger partial charge in [0.15, 0.2) is 0 Å². The molecule has 0 aromatic rings. The van der Waals surface area contributed by atoms with Gasteiger partial charge in [-0.3, -0.25) is 9.69 Å². The van der Waals surface area contributed by atoms with Gasteiger partial charge in [-0.1, -0.05) is 34.6 Å². The highest BCUT2D eigenvalue weighted by molar-refractivity contribution is 5.78. The maximum Gasteiger partial charge on any atom is 0.134 e. The number of rotatable bonds is 5. The minimum absolute atomic E-state index is 0.409. The monoisotopic (exact) mass is 239 g/mol. The van der Waals surface area contributed by atoms with E-state index in [2.05, 4.69) is 32.6 Å². The highest BCUT2D eigenvalue weighted by Crippen LogP contribution is 2.35. The standard InChI is InChI=1S/C15H29NO/c1-6-14(17)9-13-10-15(4,5)7-8-16(13)11-12(2)3/h12-13H,6-11H2,1-5H3. The van der Waals surface area contributed by atoms with E-state index < -0.39 is 0 Å². The maximum atomic E-state index is 11.7. The van der Waals surface area contributed by atoms with Gasteiger partial charge >= 0.3 is 0 Å². The van der Waals surface area contributed by atoms with Gasteiger partial charge in [-0.25, -0.2) is 0 Å². The van der Waals surface area contributed by atoms with Crippen molar-refractivity contribution in [3.8, 4) is 0 Å². The van der Waals surface area contributed by atoms with Crippen LogP contribution in [0.4, 0.5) is 0 Å². The van der Waals surface area contributed by atoms with Crippen LogP contribution < -0.4 is 0 Å². The molecular weight excluding hydrogens is 210 g/mol. The number of carbonyl (C=O) groups excluding carboxylic acids is 1. The van der Waals surface area contributed by atoms with E-state index in [1.54, 1.807) is 0 Å². The third-order valence-electron chi connectivity index (χ3n) is 3.84. The van der Waals surface area contributed by atoms with Crippen LogP contribution in [0.25, 0.3) is 0 Å². The quantitative estimate of drug-likeness (QED) is 0.732. The Kier molecular flexibility index (Phi) is 5.18. The van der Waals surface area contributed by atoms with Crippen molar-refractivity contribution in [1.29, 1.82) is 0 Å². The van der Waals surface area contributed by atoms with Crippen molar-refractivity contribution in [1.82, 2.24) is 4.90 Å². The summed E-state index contributed by atoms with van der Waals surface area (Å²) in [4.78, 5) is 14.2. The van der Waals surface area contributed by atoms with Crippen molar-refractivity contribution in [3.63, 3.8) is 0 Å². The number of ketones is 1. The summed E-state index contributed by atoms with van der Waals surface area (Å²) < 4.78 is 0. The van der Waals surface area contributed by atoms with E-state index in [1.807, 2.05) is 6.92 Å². The zero-order valence-electron chi connectivity index (χ0n) is 12.3. The van der Waals surface area contributed by atoms with Crippen molar-refractivity contribution in [2.45, 2.75) is 66.3 Å². The molecule has 1 heterocycles. The maximum absolute atomic E-state index is 11.7. The average Bonchev–Trinajstić information content (AvgIpc) is 2.21. The van der Waals surface area contributed by atoms with Crippen LogP contribution in [-0.2, 0) is 4.79 Å². The first-order valence-electron chi connectivity index (χ1n) is 7.10. The topological polar surface area (TPSA) is 20.3 Å². The van der Waals surface area contributed by atoms with Crippen LogP contribution in [-0.4, -0.2) is 29.8 Å². The molecule has 2 heteroatoms. The molecule has 1 fully saturated rings. The van der Waals surface area contributed by atoms with E-state index in [9.17, 15) is 4.79 Å². The molecule has 0 aromatic heterocycles. The lowest BCUT2D eigenvalue weighted by atomic mass is 9.77. The van der Waals surface area contributed by atoms with Gasteiger partial charge in [0.05, 0.1) is 0 Å². The second-order valence-corrected chi connectivity index (χ2v) is 6.76. The predicted molar refractivity (Wildman–Crippen MR) is 73.1 cm³/mol. The SMILES string of the molecule is CCC(=O)CC1CC(C)(C)CCN1CC(C)C. The van der Waals surface area contributed by atoms with Crippen LogP contribution in [0.1, 0.15) is 60.3 Å². The van der Waals surface area contributed by atoms with Gasteiger partial charge in [-0.2, -0.15) is 0 Å². The van der Waals surface area contributed by atoms with Gasteiger partial charge in [-0.05, 0) is 30.7 Å². The first-order valence-corrected chi connectivity index (χ1v) is 7.10. The number of carbonyl (C=O) groups is 1. The molecule has 0 radical (unpaired) electrons.